The first-order valence-electron chi connectivity index (χ1n) is 7.30. The summed E-state index contributed by atoms with van der Waals surface area (Å²) >= 11 is 0. The van der Waals surface area contributed by atoms with E-state index in [2.05, 4.69) is 71.1 Å². The van der Waals surface area contributed by atoms with Gasteiger partial charge in [-0.2, -0.15) is 0 Å². The Bertz CT molecular complexity index is 313. The molecule has 0 radical (unpaired) electrons. The topological polar surface area (TPSA) is 0 Å². The van der Waals surface area contributed by atoms with Crippen molar-refractivity contribution in [3.63, 3.8) is 0 Å². The van der Waals surface area contributed by atoms with Crippen LogP contribution in [0.3, 0.4) is 0 Å². The monoisotopic (exact) mass is 246 g/mol. The molecule has 0 heterocycles. The molecule has 0 amide bonds. The number of hydrogen-bond donors (Lipinski definition) is 0. The first-order chi connectivity index (χ1) is 8.73. The minimum absolute atomic E-state index is 0.661. The normalized spacial score (nSPS) is 15.8. The largest absolute Gasteiger partial charge is 0.0874 e. The van der Waals surface area contributed by atoms with Gasteiger partial charge >= 0.3 is 0 Å². The van der Waals surface area contributed by atoms with Crippen molar-refractivity contribution in [1.82, 2.24) is 0 Å². The van der Waals surface area contributed by atoms with E-state index in [-0.39, 0.29) is 0 Å². The van der Waals surface area contributed by atoms with Gasteiger partial charge in [0.05, 0.1) is 0 Å². The first-order valence-corrected chi connectivity index (χ1v) is 7.30. The van der Waals surface area contributed by atoms with Gasteiger partial charge in [0.15, 0.2) is 0 Å². The van der Waals surface area contributed by atoms with Gasteiger partial charge in [-0.25, -0.2) is 0 Å². The molecule has 0 nitrogen and oxygen atoms in total. The van der Waals surface area contributed by atoms with Gasteiger partial charge in [-0.05, 0) is 52.0 Å². The second kappa shape index (κ2) is 11.1. The van der Waals surface area contributed by atoms with Crippen molar-refractivity contribution in [1.29, 1.82) is 0 Å². The Morgan fingerprint density at radius 3 is 2.06 bits per heavy atom. The second-order valence-corrected chi connectivity index (χ2v) is 4.70. The van der Waals surface area contributed by atoms with Gasteiger partial charge < -0.3 is 0 Å². The fraction of sp³-hybridized carbons (Fsp3) is 0.556. The summed E-state index contributed by atoms with van der Waals surface area (Å²) in [5.41, 5.74) is 2.93. The summed E-state index contributed by atoms with van der Waals surface area (Å²) in [4.78, 5) is 0. The molecule has 18 heavy (non-hydrogen) atoms. The van der Waals surface area contributed by atoms with Crippen LogP contribution in [0.15, 0.2) is 47.6 Å². The minimum Gasteiger partial charge on any atom is -0.0874 e. The maximum atomic E-state index is 2.27. The molecule has 0 heteroatoms. The van der Waals surface area contributed by atoms with Crippen LogP contribution in [-0.2, 0) is 0 Å². The van der Waals surface area contributed by atoms with Gasteiger partial charge in [0.2, 0.25) is 0 Å². The van der Waals surface area contributed by atoms with Crippen molar-refractivity contribution < 1.29 is 0 Å². The van der Waals surface area contributed by atoms with E-state index in [1.54, 1.807) is 0 Å². The minimum atomic E-state index is 0.661. The van der Waals surface area contributed by atoms with E-state index >= 15 is 0 Å². The Hall–Kier alpha value is -1.04. The summed E-state index contributed by atoms with van der Waals surface area (Å²) in [6.07, 6.45) is 18.3. The molecular weight excluding hydrogens is 216 g/mol. The van der Waals surface area contributed by atoms with Crippen molar-refractivity contribution in [2.75, 3.05) is 0 Å². The molecular formula is C18H30. The smallest absolute Gasteiger partial charge is 0.0125 e. The van der Waals surface area contributed by atoms with E-state index in [1.165, 1.54) is 30.4 Å². The summed E-state index contributed by atoms with van der Waals surface area (Å²) in [7, 11) is 0. The van der Waals surface area contributed by atoms with Crippen LogP contribution < -0.4 is 0 Å². The van der Waals surface area contributed by atoms with E-state index in [0.29, 0.717) is 5.92 Å². The summed E-state index contributed by atoms with van der Waals surface area (Å²) in [6, 6.07) is 0. The number of hydrogen-bond acceptors (Lipinski definition) is 0. The van der Waals surface area contributed by atoms with Crippen molar-refractivity contribution in [3.8, 4) is 0 Å². The zero-order chi connectivity index (χ0) is 13.8. The molecule has 0 saturated heterocycles. The molecule has 0 aromatic carbocycles. The Balaban J connectivity index is 4.87. The Morgan fingerprint density at radius 1 is 0.944 bits per heavy atom. The Kier molecular flexibility index (Phi) is 10.4. The third-order valence-corrected chi connectivity index (χ3v) is 3.30. The summed E-state index contributed by atoms with van der Waals surface area (Å²) in [5, 5.41) is 0. The molecule has 0 bridgehead atoms. The predicted molar refractivity (Wildman–Crippen MR) is 84.8 cm³/mol. The molecule has 0 aromatic heterocycles. The van der Waals surface area contributed by atoms with Gasteiger partial charge in [0.1, 0.15) is 0 Å². The van der Waals surface area contributed by atoms with Gasteiger partial charge in [-0.3, -0.25) is 0 Å². The summed E-state index contributed by atoms with van der Waals surface area (Å²) < 4.78 is 0. The lowest BCUT2D eigenvalue weighted by Gasteiger charge is -2.19. The van der Waals surface area contributed by atoms with Gasteiger partial charge in [-0.1, -0.05) is 61.8 Å². The fourth-order valence-electron chi connectivity index (χ4n) is 2.28. The third-order valence-electron chi connectivity index (χ3n) is 3.30. The maximum absolute atomic E-state index is 2.27. The van der Waals surface area contributed by atoms with E-state index in [0.717, 1.165) is 6.42 Å². The predicted octanol–water partition coefficient (Wildman–Crippen LogP) is 6.23. The van der Waals surface area contributed by atoms with Crippen molar-refractivity contribution in [3.05, 3.63) is 47.6 Å². The van der Waals surface area contributed by atoms with E-state index < -0.39 is 0 Å². The highest BCUT2D eigenvalue weighted by Crippen LogP contribution is 2.27. The lowest BCUT2D eigenvalue weighted by Crippen LogP contribution is -2.04. The van der Waals surface area contributed by atoms with Crippen molar-refractivity contribution in [2.24, 2.45) is 5.92 Å². The molecule has 0 fully saturated rings. The number of unbranched alkanes of at least 4 members (excludes halogenated alkanes) is 1. The lowest BCUT2D eigenvalue weighted by atomic mass is 9.86. The highest BCUT2D eigenvalue weighted by molar-refractivity contribution is 5.26. The third kappa shape index (κ3) is 6.64. The molecule has 0 saturated carbocycles. The van der Waals surface area contributed by atoms with Gasteiger partial charge in [-0.15, -0.1) is 0 Å². The number of rotatable bonds is 8. The Labute approximate surface area is 114 Å². The molecule has 0 aromatic rings. The molecule has 0 rings (SSSR count). The van der Waals surface area contributed by atoms with Crippen molar-refractivity contribution in [2.45, 2.75) is 60.3 Å². The molecule has 0 aliphatic rings. The highest BCUT2D eigenvalue weighted by atomic mass is 14.2. The number of allylic oxidation sites excluding steroid dienone is 8. The summed E-state index contributed by atoms with van der Waals surface area (Å²) in [5.74, 6) is 0.661. The average molecular weight is 246 g/mol. The van der Waals surface area contributed by atoms with Crippen LogP contribution in [-0.4, -0.2) is 0 Å². The zero-order valence-electron chi connectivity index (χ0n) is 12.9. The van der Waals surface area contributed by atoms with Crippen molar-refractivity contribution >= 4 is 0 Å². The molecule has 0 spiro atoms. The van der Waals surface area contributed by atoms with Crippen LogP contribution in [0.1, 0.15) is 60.3 Å². The quantitative estimate of drug-likeness (QED) is 0.445. The molecule has 1 unspecified atom stereocenters. The summed E-state index contributed by atoms with van der Waals surface area (Å²) in [6.45, 7) is 10.7. The molecule has 0 aliphatic carbocycles. The van der Waals surface area contributed by atoms with E-state index in [1.807, 2.05) is 0 Å². The van der Waals surface area contributed by atoms with Crippen LogP contribution in [0, 0.1) is 5.92 Å². The van der Waals surface area contributed by atoms with E-state index in [4.69, 9.17) is 0 Å². The maximum Gasteiger partial charge on any atom is -0.0125 e. The second-order valence-electron chi connectivity index (χ2n) is 4.70. The molecule has 1 atom stereocenters. The first kappa shape index (κ1) is 17.0. The lowest BCUT2D eigenvalue weighted by molar-refractivity contribution is 0.536. The van der Waals surface area contributed by atoms with Crippen LogP contribution in [0.2, 0.25) is 0 Å². The standard InChI is InChI=1S/C18H30/c1-6-11-14-18(17(10-5)13-8-3)15-16(9-4)12-7-2/h7-10,12-13,18H,6,11,14-15H2,1-5H3/b12-7-,13-8-,16-9+,17-10+. The molecule has 102 valence electrons. The van der Waals surface area contributed by atoms with Crippen LogP contribution in [0.25, 0.3) is 0 Å². The zero-order valence-corrected chi connectivity index (χ0v) is 12.9. The van der Waals surface area contributed by atoms with Gasteiger partial charge in [0, 0.05) is 0 Å². The van der Waals surface area contributed by atoms with Crippen LogP contribution in [0.5, 0.6) is 0 Å². The molecule has 0 aliphatic heterocycles. The SMILES string of the molecule is C/C=C\C(=C/C)CC(CCCC)C(/C=C\C)=C/C. The van der Waals surface area contributed by atoms with Gasteiger partial charge in [0.25, 0.3) is 0 Å². The van der Waals surface area contributed by atoms with Crippen LogP contribution in [0.4, 0.5) is 0 Å². The molecule has 0 N–H and O–H groups in total. The van der Waals surface area contributed by atoms with E-state index in [9.17, 15) is 0 Å². The highest BCUT2D eigenvalue weighted by Gasteiger charge is 2.12. The van der Waals surface area contributed by atoms with Crippen LogP contribution >= 0.6 is 0 Å². The Morgan fingerprint density at radius 2 is 1.61 bits per heavy atom. The fourth-order valence-corrected chi connectivity index (χ4v) is 2.28. The average Bonchev–Trinajstić information content (AvgIpc) is 2.39.